The van der Waals surface area contributed by atoms with Crippen molar-refractivity contribution < 1.29 is 13.8 Å². The van der Waals surface area contributed by atoms with Gasteiger partial charge in [0.1, 0.15) is 5.82 Å². The molecule has 1 aromatic carbocycles. The number of hydrogen-bond acceptors (Lipinski definition) is 8. The summed E-state index contributed by atoms with van der Waals surface area (Å²) in [4.78, 5) is 36.9. The van der Waals surface area contributed by atoms with E-state index < -0.39 is 16.7 Å². The van der Waals surface area contributed by atoms with Crippen LogP contribution in [-0.4, -0.2) is 63.5 Å². The molecule has 37 heavy (non-hydrogen) atoms. The quantitative estimate of drug-likeness (QED) is 0.410. The van der Waals surface area contributed by atoms with Crippen molar-refractivity contribution >= 4 is 39.9 Å². The summed E-state index contributed by atoms with van der Waals surface area (Å²) in [6, 6.07) is 7.78. The monoisotopic (exact) mass is 527 g/mol. The number of aromatic nitrogens is 2. The summed E-state index contributed by atoms with van der Waals surface area (Å²) >= 11 is 0. The van der Waals surface area contributed by atoms with Gasteiger partial charge in [-0.25, -0.2) is 9.97 Å². The maximum atomic E-state index is 13.1. The van der Waals surface area contributed by atoms with Gasteiger partial charge in [-0.15, -0.1) is 0 Å². The number of nitrogens with zero attached hydrogens (tertiary/aromatic N) is 3. The van der Waals surface area contributed by atoms with E-state index in [-0.39, 0.29) is 29.4 Å². The van der Waals surface area contributed by atoms with Crippen LogP contribution in [0, 0.1) is 5.92 Å². The molecule has 3 heterocycles. The molecule has 2 saturated heterocycles. The molecule has 200 valence electrons. The fourth-order valence-corrected chi connectivity index (χ4v) is 5.71. The fourth-order valence-electron chi connectivity index (χ4n) is 5.19. The van der Waals surface area contributed by atoms with Crippen LogP contribution in [0.15, 0.2) is 35.4 Å². The van der Waals surface area contributed by atoms with Gasteiger partial charge in [0.2, 0.25) is 5.91 Å². The molecule has 5 unspecified atom stereocenters. The molecule has 5 atom stereocenters. The maximum absolute atomic E-state index is 13.1. The smallest absolute Gasteiger partial charge is 0.271 e. The number of primary amides is 1. The Hall–Kier alpha value is -3.05. The minimum Gasteiger partial charge on any atom is -0.364 e. The summed E-state index contributed by atoms with van der Waals surface area (Å²) in [5, 5.41) is 9.97. The number of rotatable bonds is 8. The number of carbonyl (C=O) groups excluding carboxylic acids is 2. The number of hydrogen-bond donors (Lipinski definition) is 4. The molecule has 11 heteroatoms. The van der Waals surface area contributed by atoms with Gasteiger partial charge in [0.25, 0.3) is 5.91 Å². The SMILES string of the molecule is CCC1CC(C(=O)NC2CCCN(c3cnc(C(N)=O)c(Nc4ccc(S(C)=O)cc4)n3)C2)CC(C)N1. The average Bonchev–Trinajstić information content (AvgIpc) is 2.88. The van der Waals surface area contributed by atoms with E-state index in [0.717, 1.165) is 38.6 Å². The minimum atomic E-state index is -1.09. The van der Waals surface area contributed by atoms with Gasteiger partial charge in [-0.3, -0.25) is 13.8 Å². The first-order valence-corrected chi connectivity index (χ1v) is 14.5. The van der Waals surface area contributed by atoms with Crippen molar-refractivity contribution in [3.05, 3.63) is 36.2 Å². The Morgan fingerprint density at radius 1 is 1.24 bits per heavy atom. The average molecular weight is 528 g/mol. The Morgan fingerprint density at radius 2 is 2.00 bits per heavy atom. The van der Waals surface area contributed by atoms with Gasteiger partial charge in [-0.2, -0.15) is 0 Å². The van der Waals surface area contributed by atoms with E-state index in [4.69, 9.17) is 5.73 Å². The summed E-state index contributed by atoms with van der Waals surface area (Å²) in [6.45, 7) is 5.68. The predicted molar refractivity (Wildman–Crippen MR) is 145 cm³/mol. The lowest BCUT2D eigenvalue weighted by atomic mass is 9.86. The Morgan fingerprint density at radius 3 is 2.68 bits per heavy atom. The van der Waals surface area contributed by atoms with E-state index in [1.165, 1.54) is 0 Å². The van der Waals surface area contributed by atoms with Crippen molar-refractivity contribution in [2.75, 3.05) is 29.6 Å². The van der Waals surface area contributed by atoms with Crippen LogP contribution in [0.25, 0.3) is 0 Å². The van der Waals surface area contributed by atoms with Crippen molar-refractivity contribution in [1.82, 2.24) is 20.6 Å². The fraction of sp³-hybridized carbons (Fsp3) is 0.538. The van der Waals surface area contributed by atoms with Gasteiger partial charge < -0.3 is 26.6 Å². The van der Waals surface area contributed by atoms with Crippen LogP contribution < -0.4 is 26.6 Å². The number of amides is 2. The topological polar surface area (TPSA) is 142 Å². The third kappa shape index (κ3) is 6.84. The number of piperidine rings is 2. The van der Waals surface area contributed by atoms with Crippen molar-refractivity contribution in [2.24, 2.45) is 11.7 Å². The second-order valence-electron chi connectivity index (χ2n) is 10.0. The summed E-state index contributed by atoms with van der Waals surface area (Å²) in [5.41, 5.74) is 6.27. The van der Waals surface area contributed by atoms with Gasteiger partial charge in [0.05, 0.1) is 6.20 Å². The molecule has 1 aromatic heterocycles. The zero-order chi connectivity index (χ0) is 26.5. The zero-order valence-corrected chi connectivity index (χ0v) is 22.5. The highest BCUT2D eigenvalue weighted by Gasteiger charge is 2.32. The molecular formula is C26H37N7O3S. The number of carbonyl (C=O) groups is 2. The van der Waals surface area contributed by atoms with Gasteiger partial charge in [0.15, 0.2) is 11.5 Å². The van der Waals surface area contributed by atoms with Crippen LogP contribution in [0.3, 0.4) is 0 Å². The molecule has 0 saturated carbocycles. The molecule has 10 nitrogen and oxygen atoms in total. The summed E-state index contributed by atoms with van der Waals surface area (Å²) in [7, 11) is -1.09. The Labute approximate surface area is 220 Å². The summed E-state index contributed by atoms with van der Waals surface area (Å²) in [6.07, 6.45) is 7.72. The number of nitrogens with two attached hydrogens (primary N) is 1. The standard InChI is InChI=1S/C26H37N7O3S/c1-4-18-13-17(12-16(2)29-18)26(35)31-20-6-5-11-33(15-20)22-14-28-23(24(27)34)25(32-22)30-19-7-9-21(10-8-19)37(3)36/h7-10,14,16-18,20,29H,4-6,11-13,15H2,1-3H3,(H2,27,34)(H,30,32)(H,31,35). The van der Waals surface area contributed by atoms with Crippen molar-refractivity contribution in [1.29, 1.82) is 0 Å². The number of anilines is 3. The number of nitrogens with one attached hydrogen (secondary N) is 3. The molecule has 4 rings (SSSR count). The molecule has 0 aliphatic carbocycles. The summed E-state index contributed by atoms with van der Waals surface area (Å²) < 4.78 is 11.7. The third-order valence-electron chi connectivity index (χ3n) is 7.12. The lowest BCUT2D eigenvalue weighted by Gasteiger charge is -2.37. The first kappa shape index (κ1) is 27.0. The van der Waals surface area contributed by atoms with Gasteiger partial charge in [-0.1, -0.05) is 6.92 Å². The second-order valence-corrected chi connectivity index (χ2v) is 11.4. The van der Waals surface area contributed by atoms with Crippen LogP contribution in [0.4, 0.5) is 17.3 Å². The van der Waals surface area contributed by atoms with E-state index in [0.29, 0.717) is 35.0 Å². The highest BCUT2D eigenvalue weighted by atomic mass is 32.2. The van der Waals surface area contributed by atoms with E-state index in [2.05, 4.69) is 44.7 Å². The Balaban J connectivity index is 1.46. The lowest BCUT2D eigenvalue weighted by Crippen LogP contribution is -2.52. The molecule has 5 N–H and O–H groups in total. The Kier molecular flexibility index (Phi) is 8.75. The van der Waals surface area contributed by atoms with Crippen LogP contribution in [0.1, 0.15) is 56.4 Å². The third-order valence-corrected chi connectivity index (χ3v) is 8.06. The minimum absolute atomic E-state index is 0.0167. The second kappa shape index (κ2) is 12.0. The molecule has 0 bridgehead atoms. The van der Waals surface area contributed by atoms with Crippen molar-refractivity contribution in [3.63, 3.8) is 0 Å². The van der Waals surface area contributed by atoms with E-state index in [9.17, 15) is 13.8 Å². The van der Waals surface area contributed by atoms with Crippen molar-refractivity contribution in [3.8, 4) is 0 Å². The normalized spacial score (nSPS) is 24.8. The van der Waals surface area contributed by atoms with Crippen LogP contribution in [0.5, 0.6) is 0 Å². The molecule has 0 radical (unpaired) electrons. The van der Waals surface area contributed by atoms with E-state index >= 15 is 0 Å². The zero-order valence-electron chi connectivity index (χ0n) is 21.7. The van der Waals surface area contributed by atoms with Crippen LogP contribution in [-0.2, 0) is 15.6 Å². The van der Waals surface area contributed by atoms with E-state index in [1.54, 1.807) is 36.7 Å². The van der Waals surface area contributed by atoms with Gasteiger partial charge >= 0.3 is 0 Å². The maximum Gasteiger partial charge on any atom is 0.271 e. The lowest BCUT2D eigenvalue weighted by molar-refractivity contribution is -0.127. The van der Waals surface area contributed by atoms with Crippen LogP contribution >= 0.6 is 0 Å². The molecular weight excluding hydrogens is 490 g/mol. The van der Waals surface area contributed by atoms with E-state index in [1.807, 2.05) is 0 Å². The molecule has 2 fully saturated rings. The first-order valence-electron chi connectivity index (χ1n) is 12.9. The first-order chi connectivity index (χ1) is 17.7. The summed E-state index contributed by atoms with van der Waals surface area (Å²) in [5.74, 6) is 0.347. The molecule has 2 amide bonds. The molecule has 0 spiro atoms. The van der Waals surface area contributed by atoms with Crippen LogP contribution in [0.2, 0.25) is 0 Å². The molecule has 2 aliphatic heterocycles. The highest BCUT2D eigenvalue weighted by Crippen LogP contribution is 2.26. The largest absolute Gasteiger partial charge is 0.364 e. The van der Waals surface area contributed by atoms with Crippen molar-refractivity contribution in [2.45, 2.75) is 69.0 Å². The Bertz CT molecular complexity index is 1140. The van der Waals surface area contributed by atoms with Gasteiger partial charge in [-0.05, 0) is 63.3 Å². The highest BCUT2D eigenvalue weighted by molar-refractivity contribution is 7.84. The van der Waals surface area contributed by atoms with Gasteiger partial charge in [0, 0.05) is 64.8 Å². The molecule has 2 aromatic rings. The predicted octanol–water partition coefficient (Wildman–Crippen LogP) is 2.31. The molecule has 2 aliphatic rings. The number of benzene rings is 1.